The molecule has 0 N–H and O–H groups in total. The molecule has 1 aliphatic heterocycles. The van der Waals surface area contributed by atoms with Gasteiger partial charge in [0.05, 0.1) is 24.3 Å². The van der Waals surface area contributed by atoms with Crippen molar-refractivity contribution in [1.29, 1.82) is 5.26 Å². The van der Waals surface area contributed by atoms with E-state index in [1.165, 1.54) is 5.39 Å². The van der Waals surface area contributed by atoms with Gasteiger partial charge >= 0.3 is 0 Å². The number of hydrogen-bond donors (Lipinski definition) is 0. The van der Waals surface area contributed by atoms with Crippen LogP contribution in [0.5, 0.6) is 0 Å². The van der Waals surface area contributed by atoms with Gasteiger partial charge in [-0.1, -0.05) is 56.3 Å². The van der Waals surface area contributed by atoms with Crippen molar-refractivity contribution in [3.8, 4) is 17.2 Å². The zero-order valence-electron chi connectivity index (χ0n) is 20.4. The molecule has 2 heterocycles. The van der Waals surface area contributed by atoms with Crippen molar-refractivity contribution >= 4 is 22.5 Å². The zero-order chi connectivity index (χ0) is 24.2. The van der Waals surface area contributed by atoms with Crippen LogP contribution < -0.4 is 4.90 Å². The fourth-order valence-electron chi connectivity index (χ4n) is 4.81. The second-order valence-corrected chi connectivity index (χ2v) is 9.21. The molecule has 0 saturated carbocycles. The minimum absolute atomic E-state index is 0.0340. The molecule has 1 atom stereocenters. The summed E-state index contributed by atoms with van der Waals surface area (Å²) in [7, 11) is 1.61. The lowest BCUT2D eigenvalue weighted by molar-refractivity contribution is -0.134. The molecule has 1 fully saturated rings. The molecular formula is C28H32N4O2. The molecule has 0 bridgehead atoms. The van der Waals surface area contributed by atoms with Crippen molar-refractivity contribution < 1.29 is 9.53 Å². The van der Waals surface area contributed by atoms with Crippen LogP contribution >= 0.6 is 0 Å². The van der Waals surface area contributed by atoms with E-state index in [1.807, 2.05) is 23.1 Å². The summed E-state index contributed by atoms with van der Waals surface area (Å²) < 4.78 is 5.07. The molecule has 176 valence electrons. The quantitative estimate of drug-likeness (QED) is 0.524. The Morgan fingerprint density at radius 3 is 2.65 bits per heavy atom. The second kappa shape index (κ2) is 10.2. The van der Waals surface area contributed by atoms with E-state index in [4.69, 9.17) is 9.72 Å². The van der Waals surface area contributed by atoms with Gasteiger partial charge in [0, 0.05) is 38.3 Å². The Balaban J connectivity index is 1.71. The molecule has 6 nitrogen and oxygen atoms in total. The number of rotatable bonds is 6. The largest absolute Gasteiger partial charge is 0.384 e. The molecule has 0 aliphatic carbocycles. The maximum Gasteiger partial charge on any atom is 0.225 e. The van der Waals surface area contributed by atoms with E-state index in [0.29, 0.717) is 44.0 Å². The molecule has 0 spiro atoms. The van der Waals surface area contributed by atoms with E-state index in [2.05, 4.69) is 62.1 Å². The van der Waals surface area contributed by atoms with Crippen molar-refractivity contribution in [2.24, 2.45) is 0 Å². The Morgan fingerprint density at radius 2 is 1.94 bits per heavy atom. The summed E-state index contributed by atoms with van der Waals surface area (Å²) >= 11 is 0. The van der Waals surface area contributed by atoms with Crippen LogP contribution in [0.4, 0.5) is 5.82 Å². The van der Waals surface area contributed by atoms with Crippen molar-refractivity contribution in [2.75, 3.05) is 38.3 Å². The number of piperazine rings is 1. The number of carbonyl (C=O) groups excluding carboxylic acids is 1. The third-order valence-corrected chi connectivity index (χ3v) is 6.55. The van der Waals surface area contributed by atoms with E-state index >= 15 is 0 Å². The van der Waals surface area contributed by atoms with Gasteiger partial charge in [-0.05, 0) is 35.2 Å². The summed E-state index contributed by atoms with van der Waals surface area (Å²) in [5, 5.41) is 12.4. The molecule has 1 amide bonds. The average Bonchev–Trinajstić information content (AvgIpc) is 2.86. The summed E-state index contributed by atoms with van der Waals surface area (Å²) in [4.78, 5) is 21.7. The van der Waals surface area contributed by atoms with Gasteiger partial charge in [-0.2, -0.15) is 5.26 Å². The maximum atomic E-state index is 12.5. The molecule has 0 unspecified atom stereocenters. The lowest BCUT2D eigenvalue weighted by atomic mass is 9.92. The predicted octanol–water partition coefficient (Wildman–Crippen LogP) is 4.97. The number of pyridine rings is 1. The van der Waals surface area contributed by atoms with E-state index < -0.39 is 0 Å². The predicted molar refractivity (Wildman–Crippen MR) is 136 cm³/mol. The molecule has 1 aliphatic rings. The van der Waals surface area contributed by atoms with Crippen LogP contribution in [-0.4, -0.2) is 55.2 Å². The van der Waals surface area contributed by atoms with E-state index in [1.54, 1.807) is 7.11 Å². The second-order valence-electron chi connectivity index (χ2n) is 9.21. The van der Waals surface area contributed by atoms with Gasteiger partial charge < -0.3 is 14.5 Å². The summed E-state index contributed by atoms with van der Waals surface area (Å²) in [6.45, 7) is 8.67. The van der Waals surface area contributed by atoms with Crippen LogP contribution in [0.3, 0.4) is 0 Å². The molecule has 1 saturated heterocycles. The van der Waals surface area contributed by atoms with E-state index in [9.17, 15) is 10.1 Å². The lowest BCUT2D eigenvalue weighted by Crippen LogP contribution is -2.54. The summed E-state index contributed by atoms with van der Waals surface area (Å²) in [5.41, 5.74) is 3.66. The number of nitrogens with zero attached hydrogens (tertiary/aromatic N) is 4. The Hall–Kier alpha value is -3.43. The van der Waals surface area contributed by atoms with E-state index in [0.717, 1.165) is 22.2 Å². The number of aromatic nitrogens is 1. The first-order valence-electron chi connectivity index (χ1n) is 11.9. The molecule has 4 rings (SSSR count). The molecule has 0 radical (unpaired) electrons. The number of hydrogen-bond acceptors (Lipinski definition) is 5. The molecule has 34 heavy (non-hydrogen) atoms. The smallest absolute Gasteiger partial charge is 0.225 e. The summed E-state index contributed by atoms with van der Waals surface area (Å²) in [6, 6.07) is 19.0. The zero-order valence-corrected chi connectivity index (χ0v) is 20.4. The molecular weight excluding hydrogens is 424 g/mol. The third kappa shape index (κ3) is 4.62. The van der Waals surface area contributed by atoms with Gasteiger partial charge in [-0.25, -0.2) is 4.98 Å². The van der Waals surface area contributed by atoms with Gasteiger partial charge in [-0.15, -0.1) is 0 Å². The summed E-state index contributed by atoms with van der Waals surface area (Å²) in [5.74, 6) is 1.01. The van der Waals surface area contributed by atoms with Crippen LogP contribution in [-0.2, 0) is 9.53 Å². The van der Waals surface area contributed by atoms with Gasteiger partial charge in [0.15, 0.2) is 0 Å². The topological polar surface area (TPSA) is 69.5 Å². The molecule has 3 aromatic rings. The minimum Gasteiger partial charge on any atom is -0.384 e. The Morgan fingerprint density at radius 1 is 1.18 bits per heavy atom. The Labute approximate surface area is 201 Å². The normalized spacial score (nSPS) is 16.2. The first kappa shape index (κ1) is 23.7. The van der Waals surface area contributed by atoms with E-state index in [-0.39, 0.29) is 17.9 Å². The monoisotopic (exact) mass is 456 g/mol. The van der Waals surface area contributed by atoms with Gasteiger partial charge in [0.1, 0.15) is 11.9 Å². The van der Waals surface area contributed by atoms with Gasteiger partial charge in [0.2, 0.25) is 5.91 Å². The Kier molecular flexibility index (Phi) is 7.14. The van der Waals surface area contributed by atoms with Crippen molar-refractivity contribution in [3.63, 3.8) is 0 Å². The van der Waals surface area contributed by atoms with Crippen molar-refractivity contribution in [3.05, 3.63) is 59.8 Å². The third-order valence-electron chi connectivity index (χ3n) is 6.55. The Bertz CT molecular complexity index is 1230. The maximum absolute atomic E-state index is 12.5. The highest BCUT2D eigenvalue weighted by molar-refractivity contribution is 5.97. The number of benzene rings is 2. The number of fused-ring (bicyclic) bond motifs is 1. The summed E-state index contributed by atoms with van der Waals surface area (Å²) in [6.07, 6.45) is 0.389. The van der Waals surface area contributed by atoms with Crippen LogP contribution in [0.15, 0.2) is 48.5 Å². The number of nitriles is 1. The number of ether oxygens (including phenoxy) is 1. The number of carbonyl (C=O) groups is 1. The van der Waals surface area contributed by atoms with Crippen LogP contribution in [0, 0.1) is 11.3 Å². The molecule has 2 aromatic carbocycles. The highest BCUT2D eigenvalue weighted by atomic mass is 16.5. The van der Waals surface area contributed by atoms with Crippen LogP contribution in [0.2, 0.25) is 0 Å². The highest BCUT2D eigenvalue weighted by Crippen LogP contribution is 2.36. The van der Waals surface area contributed by atoms with Gasteiger partial charge in [-0.3, -0.25) is 4.79 Å². The fraction of sp³-hybridized carbons (Fsp3) is 0.393. The standard InChI is InChI=1S/C28H32N4O2/c1-19(2)27-25(24-11-7-9-21-8-5-6-10-23(21)24)16-22(17-29)28(30-27)31-13-14-32(20(3)18-31)26(33)12-15-34-4/h5-11,16,19-20H,12-15,18H2,1-4H3/t20-/m1/s1. The SMILES string of the molecule is COCCC(=O)N1CCN(c2nc(C(C)C)c(-c3cccc4ccccc34)cc2C#N)C[C@H]1C. The number of methoxy groups -OCH3 is 1. The fourth-order valence-corrected chi connectivity index (χ4v) is 4.81. The minimum atomic E-state index is 0.0340. The molecule has 1 aromatic heterocycles. The first-order chi connectivity index (χ1) is 16.4. The van der Waals surface area contributed by atoms with Crippen molar-refractivity contribution in [1.82, 2.24) is 9.88 Å². The van der Waals surface area contributed by atoms with Crippen LogP contribution in [0.1, 0.15) is 44.4 Å². The average molecular weight is 457 g/mol. The van der Waals surface area contributed by atoms with Crippen LogP contribution in [0.25, 0.3) is 21.9 Å². The first-order valence-corrected chi connectivity index (χ1v) is 11.9. The number of anilines is 1. The number of amides is 1. The lowest BCUT2D eigenvalue weighted by Gasteiger charge is -2.41. The van der Waals surface area contributed by atoms with Crippen molar-refractivity contribution in [2.45, 2.75) is 39.2 Å². The van der Waals surface area contributed by atoms with Gasteiger partial charge in [0.25, 0.3) is 0 Å². The molecule has 6 heteroatoms. The highest BCUT2D eigenvalue weighted by Gasteiger charge is 2.30.